The van der Waals surface area contributed by atoms with Gasteiger partial charge in [0.15, 0.2) is 0 Å². The van der Waals surface area contributed by atoms with E-state index in [1.54, 1.807) is 19.1 Å². The summed E-state index contributed by atoms with van der Waals surface area (Å²) in [6, 6.07) is 6.21. The predicted molar refractivity (Wildman–Crippen MR) is 94.8 cm³/mol. The lowest BCUT2D eigenvalue weighted by Gasteiger charge is -2.33. The number of hydrogen-bond donors (Lipinski definition) is 1. The Hall–Kier alpha value is -2.21. The Bertz CT molecular complexity index is 666. The van der Waals surface area contributed by atoms with Crippen LogP contribution >= 0.6 is 0 Å². The fourth-order valence-corrected chi connectivity index (χ4v) is 3.24. The zero-order valence-electron chi connectivity index (χ0n) is 14.5. The van der Waals surface area contributed by atoms with Crippen LogP contribution in [0.5, 0.6) is 0 Å². The summed E-state index contributed by atoms with van der Waals surface area (Å²) >= 11 is 0. The van der Waals surface area contributed by atoms with E-state index in [4.69, 9.17) is 4.84 Å². The van der Waals surface area contributed by atoms with Crippen LogP contribution in [0.4, 0.5) is 4.39 Å². The summed E-state index contributed by atoms with van der Waals surface area (Å²) in [7, 11) is 0. The van der Waals surface area contributed by atoms with Crippen LogP contribution in [-0.2, 0) is 9.63 Å². The van der Waals surface area contributed by atoms with E-state index in [1.165, 1.54) is 12.1 Å². The van der Waals surface area contributed by atoms with Gasteiger partial charge in [-0.1, -0.05) is 23.4 Å². The van der Waals surface area contributed by atoms with E-state index in [2.05, 4.69) is 22.0 Å². The van der Waals surface area contributed by atoms with Crippen molar-refractivity contribution >= 4 is 11.6 Å². The van der Waals surface area contributed by atoms with Crippen molar-refractivity contribution in [2.24, 2.45) is 5.16 Å². The second-order valence-corrected chi connectivity index (χ2v) is 6.88. The van der Waals surface area contributed by atoms with Gasteiger partial charge in [-0.25, -0.2) is 4.39 Å². The molecular formula is C19H24FN3O2. The Labute approximate surface area is 147 Å². The SMILES string of the molecule is C=CCN1CCC(NC(=O)[C@]2(C)CC(c3ccc(F)cc3)=NO2)CC1. The third kappa shape index (κ3) is 4.07. The molecule has 1 aromatic carbocycles. The van der Waals surface area contributed by atoms with Gasteiger partial charge in [0, 0.05) is 32.1 Å². The molecular weight excluding hydrogens is 321 g/mol. The highest BCUT2D eigenvalue weighted by atomic mass is 19.1. The highest BCUT2D eigenvalue weighted by Crippen LogP contribution is 2.27. The van der Waals surface area contributed by atoms with Crippen LogP contribution in [0.1, 0.15) is 31.7 Å². The first-order valence-electron chi connectivity index (χ1n) is 8.65. The summed E-state index contributed by atoms with van der Waals surface area (Å²) in [4.78, 5) is 20.5. The number of rotatable bonds is 5. The summed E-state index contributed by atoms with van der Waals surface area (Å²) in [5.41, 5.74) is 0.427. The van der Waals surface area contributed by atoms with E-state index in [-0.39, 0.29) is 17.8 Å². The highest BCUT2D eigenvalue weighted by Gasteiger charge is 2.43. The van der Waals surface area contributed by atoms with Crippen molar-refractivity contribution in [3.8, 4) is 0 Å². The van der Waals surface area contributed by atoms with Crippen LogP contribution in [0.2, 0.25) is 0 Å². The number of nitrogens with one attached hydrogen (secondary N) is 1. The largest absolute Gasteiger partial charge is 0.379 e. The first-order chi connectivity index (χ1) is 12.0. The average molecular weight is 345 g/mol. The molecule has 1 N–H and O–H groups in total. The Morgan fingerprint density at radius 1 is 1.44 bits per heavy atom. The molecule has 1 atom stereocenters. The molecule has 1 amide bonds. The molecule has 6 heteroatoms. The third-order valence-corrected chi connectivity index (χ3v) is 4.83. The minimum atomic E-state index is -1.01. The smallest absolute Gasteiger partial charge is 0.267 e. The predicted octanol–water partition coefficient (Wildman–Crippen LogP) is 2.48. The minimum absolute atomic E-state index is 0.143. The Kier molecular flexibility index (Phi) is 5.18. The van der Waals surface area contributed by atoms with Crippen molar-refractivity contribution < 1.29 is 14.0 Å². The molecule has 1 aromatic rings. The third-order valence-electron chi connectivity index (χ3n) is 4.83. The van der Waals surface area contributed by atoms with Gasteiger partial charge in [-0.3, -0.25) is 9.69 Å². The molecule has 0 radical (unpaired) electrons. The van der Waals surface area contributed by atoms with Gasteiger partial charge >= 0.3 is 0 Å². The molecule has 3 rings (SSSR count). The van der Waals surface area contributed by atoms with Gasteiger partial charge in [-0.2, -0.15) is 0 Å². The van der Waals surface area contributed by atoms with Crippen molar-refractivity contribution in [3.05, 3.63) is 48.3 Å². The quantitative estimate of drug-likeness (QED) is 0.834. The molecule has 1 saturated heterocycles. The lowest BCUT2D eigenvalue weighted by molar-refractivity contribution is -0.142. The number of oxime groups is 1. The topological polar surface area (TPSA) is 53.9 Å². The standard InChI is InChI=1S/C19H24FN3O2/c1-3-10-23-11-8-16(9-12-23)21-18(24)19(2)13-17(22-25-19)14-4-6-15(20)7-5-14/h3-7,16H,1,8-13H2,2H3,(H,21,24)/t19-/m0/s1. The number of halogens is 1. The zero-order chi connectivity index (χ0) is 17.9. The summed E-state index contributed by atoms with van der Waals surface area (Å²) in [5.74, 6) is -0.443. The van der Waals surface area contributed by atoms with E-state index < -0.39 is 5.60 Å². The molecule has 2 heterocycles. The molecule has 0 unspecified atom stereocenters. The molecule has 0 aromatic heterocycles. The van der Waals surface area contributed by atoms with Gasteiger partial charge in [0.05, 0.1) is 5.71 Å². The highest BCUT2D eigenvalue weighted by molar-refractivity contribution is 6.05. The molecule has 5 nitrogen and oxygen atoms in total. The number of piperidine rings is 1. The number of carbonyl (C=O) groups is 1. The maximum atomic E-state index is 13.0. The van der Waals surface area contributed by atoms with Crippen molar-refractivity contribution in [1.29, 1.82) is 0 Å². The fraction of sp³-hybridized carbons (Fsp3) is 0.474. The molecule has 1 fully saturated rings. The fourth-order valence-electron chi connectivity index (χ4n) is 3.24. The van der Waals surface area contributed by atoms with Gasteiger partial charge in [-0.15, -0.1) is 6.58 Å². The molecule has 2 aliphatic heterocycles. The first-order valence-corrected chi connectivity index (χ1v) is 8.65. The Balaban J connectivity index is 1.55. The summed E-state index contributed by atoms with van der Waals surface area (Å²) < 4.78 is 13.0. The van der Waals surface area contributed by atoms with Crippen molar-refractivity contribution in [2.75, 3.05) is 19.6 Å². The van der Waals surface area contributed by atoms with E-state index in [0.717, 1.165) is 38.0 Å². The van der Waals surface area contributed by atoms with Gasteiger partial charge in [0.1, 0.15) is 5.82 Å². The Morgan fingerprint density at radius 3 is 2.76 bits per heavy atom. The van der Waals surface area contributed by atoms with Crippen molar-refractivity contribution in [3.63, 3.8) is 0 Å². The van der Waals surface area contributed by atoms with E-state index >= 15 is 0 Å². The average Bonchev–Trinajstić information content (AvgIpc) is 3.01. The molecule has 0 bridgehead atoms. The number of benzene rings is 1. The lowest BCUT2D eigenvalue weighted by atomic mass is 9.94. The van der Waals surface area contributed by atoms with E-state index in [0.29, 0.717) is 12.1 Å². The molecule has 0 aliphatic carbocycles. The van der Waals surface area contributed by atoms with Crippen LogP contribution < -0.4 is 5.32 Å². The summed E-state index contributed by atoms with van der Waals surface area (Å²) in [6.45, 7) is 8.29. The molecule has 2 aliphatic rings. The number of carbonyl (C=O) groups excluding carboxylic acids is 1. The molecule has 0 spiro atoms. The van der Waals surface area contributed by atoms with E-state index in [1.807, 2.05) is 6.08 Å². The first kappa shape index (κ1) is 17.6. The van der Waals surface area contributed by atoms with Gasteiger partial charge in [0.25, 0.3) is 5.91 Å². The van der Waals surface area contributed by atoms with Crippen molar-refractivity contribution in [2.45, 2.75) is 37.8 Å². The van der Waals surface area contributed by atoms with Crippen LogP contribution in [0.25, 0.3) is 0 Å². The minimum Gasteiger partial charge on any atom is -0.379 e. The molecule has 134 valence electrons. The van der Waals surface area contributed by atoms with E-state index in [9.17, 15) is 9.18 Å². The van der Waals surface area contributed by atoms with Crippen molar-refractivity contribution in [1.82, 2.24) is 10.2 Å². The van der Waals surface area contributed by atoms with Crippen LogP contribution in [-0.4, -0.2) is 47.8 Å². The Morgan fingerprint density at radius 2 is 2.12 bits per heavy atom. The van der Waals surface area contributed by atoms with Crippen LogP contribution in [0.15, 0.2) is 42.1 Å². The molecule has 25 heavy (non-hydrogen) atoms. The number of likely N-dealkylation sites (tertiary alicyclic amines) is 1. The normalized spacial score (nSPS) is 24.5. The monoisotopic (exact) mass is 345 g/mol. The summed E-state index contributed by atoms with van der Waals surface area (Å²) in [6.07, 6.45) is 4.11. The maximum absolute atomic E-state index is 13.0. The number of amides is 1. The zero-order valence-corrected chi connectivity index (χ0v) is 14.5. The second kappa shape index (κ2) is 7.35. The maximum Gasteiger partial charge on any atom is 0.267 e. The number of hydrogen-bond acceptors (Lipinski definition) is 4. The van der Waals surface area contributed by atoms with Gasteiger partial charge in [0.2, 0.25) is 5.60 Å². The van der Waals surface area contributed by atoms with Crippen LogP contribution in [0.3, 0.4) is 0 Å². The van der Waals surface area contributed by atoms with Crippen LogP contribution in [0, 0.1) is 5.82 Å². The summed E-state index contributed by atoms with van der Waals surface area (Å²) in [5, 5.41) is 7.15. The number of nitrogens with zero attached hydrogens (tertiary/aromatic N) is 2. The molecule has 0 saturated carbocycles. The lowest BCUT2D eigenvalue weighted by Crippen LogP contribution is -2.51. The second-order valence-electron chi connectivity index (χ2n) is 6.88. The van der Waals surface area contributed by atoms with Gasteiger partial charge in [-0.05, 0) is 37.5 Å². The van der Waals surface area contributed by atoms with Gasteiger partial charge < -0.3 is 10.2 Å².